The standard InChI is InChI=1S/C12H14O2/c1-2-8-6-10-9(12(14)7-8)4-3-5-11(10)13/h6-7,14H,2-5H2,1H3. The average Bonchev–Trinajstić information content (AvgIpc) is 2.19. The summed E-state index contributed by atoms with van der Waals surface area (Å²) >= 11 is 0. The van der Waals surface area contributed by atoms with Gasteiger partial charge in [-0.3, -0.25) is 4.79 Å². The Labute approximate surface area is 83.6 Å². The summed E-state index contributed by atoms with van der Waals surface area (Å²) < 4.78 is 0. The molecule has 0 atom stereocenters. The second kappa shape index (κ2) is 3.45. The van der Waals surface area contributed by atoms with Gasteiger partial charge in [-0.15, -0.1) is 0 Å². The topological polar surface area (TPSA) is 37.3 Å². The van der Waals surface area contributed by atoms with Gasteiger partial charge >= 0.3 is 0 Å². The van der Waals surface area contributed by atoms with Gasteiger partial charge in [0.05, 0.1) is 0 Å². The number of carbonyl (C=O) groups is 1. The highest BCUT2D eigenvalue weighted by molar-refractivity contribution is 5.99. The van der Waals surface area contributed by atoms with E-state index in [0.717, 1.165) is 36.0 Å². The summed E-state index contributed by atoms with van der Waals surface area (Å²) in [5.41, 5.74) is 2.63. The van der Waals surface area contributed by atoms with Crippen LogP contribution in [-0.2, 0) is 12.8 Å². The number of benzene rings is 1. The van der Waals surface area contributed by atoms with E-state index >= 15 is 0 Å². The summed E-state index contributed by atoms with van der Waals surface area (Å²) in [5, 5.41) is 9.73. The highest BCUT2D eigenvalue weighted by Gasteiger charge is 2.20. The van der Waals surface area contributed by atoms with Crippen molar-refractivity contribution in [2.45, 2.75) is 32.6 Å². The molecule has 0 bridgehead atoms. The molecular weight excluding hydrogens is 176 g/mol. The fraction of sp³-hybridized carbons (Fsp3) is 0.417. The maximum Gasteiger partial charge on any atom is 0.163 e. The molecule has 14 heavy (non-hydrogen) atoms. The zero-order valence-electron chi connectivity index (χ0n) is 8.34. The molecule has 2 nitrogen and oxygen atoms in total. The molecule has 0 radical (unpaired) electrons. The summed E-state index contributed by atoms with van der Waals surface area (Å²) in [4.78, 5) is 11.6. The Morgan fingerprint density at radius 3 is 2.86 bits per heavy atom. The fourth-order valence-electron chi connectivity index (χ4n) is 1.99. The average molecular weight is 190 g/mol. The van der Waals surface area contributed by atoms with E-state index in [1.165, 1.54) is 0 Å². The molecule has 2 rings (SSSR count). The van der Waals surface area contributed by atoms with Crippen molar-refractivity contribution in [3.63, 3.8) is 0 Å². The number of aromatic hydroxyl groups is 1. The van der Waals surface area contributed by atoms with E-state index in [4.69, 9.17) is 0 Å². The molecule has 1 aromatic rings. The van der Waals surface area contributed by atoms with Crippen LogP contribution in [-0.4, -0.2) is 10.9 Å². The molecule has 1 aromatic carbocycles. The first-order valence-electron chi connectivity index (χ1n) is 5.10. The summed E-state index contributed by atoms with van der Waals surface area (Å²) in [5.74, 6) is 0.476. The Kier molecular flexibility index (Phi) is 2.28. The van der Waals surface area contributed by atoms with Gasteiger partial charge in [-0.05, 0) is 37.0 Å². The van der Waals surface area contributed by atoms with E-state index in [1.807, 2.05) is 13.0 Å². The van der Waals surface area contributed by atoms with Crippen LogP contribution in [0.25, 0.3) is 0 Å². The van der Waals surface area contributed by atoms with Gasteiger partial charge in [-0.25, -0.2) is 0 Å². The Balaban J connectivity index is 2.57. The van der Waals surface area contributed by atoms with Gasteiger partial charge < -0.3 is 5.11 Å². The molecule has 74 valence electrons. The Morgan fingerprint density at radius 1 is 1.36 bits per heavy atom. The molecule has 1 aliphatic rings. The lowest BCUT2D eigenvalue weighted by atomic mass is 9.88. The predicted molar refractivity (Wildman–Crippen MR) is 54.8 cm³/mol. The molecule has 0 heterocycles. The highest BCUT2D eigenvalue weighted by atomic mass is 16.3. The van der Waals surface area contributed by atoms with E-state index in [-0.39, 0.29) is 5.78 Å². The number of carbonyl (C=O) groups excluding carboxylic acids is 1. The first kappa shape index (κ1) is 9.25. The van der Waals surface area contributed by atoms with Crippen molar-refractivity contribution in [3.05, 3.63) is 28.8 Å². The largest absolute Gasteiger partial charge is 0.508 e. The van der Waals surface area contributed by atoms with Crippen LogP contribution in [0.3, 0.4) is 0 Å². The van der Waals surface area contributed by atoms with Crippen LogP contribution in [0.5, 0.6) is 5.75 Å². The lowest BCUT2D eigenvalue weighted by Gasteiger charge is -2.16. The molecule has 0 saturated carbocycles. The lowest BCUT2D eigenvalue weighted by molar-refractivity contribution is 0.0971. The van der Waals surface area contributed by atoms with Crippen LogP contribution in [0.1, 0.15) is 41.3 Å². The van der Waals surface area contributed by atoms with Crippen LogP contribution in [0, 0.1) is 0 Å². The Morgan fingerprint density at radius 2 is 2.14 bits per heavy atom. The molecule has 1 N–H and O–H groups in total. The first-order valence-corrected chi connectivity index (χ1v) is 5.10. The van der Waals surface area contributed by atoms with Gasteiger partial charge in [0.15, 0.2) is 5.78 Å². The molecule has 0 fully saturated rings. The van der Waals surface area contributed by atoms with E-state index < -0.39 is 0 Å². The second-order valence-corrected chi connectivity index (χ2v) is 3.77. The van der Waals surface area contributed by atoms with Gasteiger partial charge in [0.2, 0.25) is 0 Å². The van der Waals surface area contributed by atoms with Crippen molar-refractivity contribution in [1.82, 2.24) is 0 Å². The minimum Gasteiger partial charge on any atom is -0.508 e. The number of hydrogen-bond donors (Lipinski definition) is 1. The monoisotopic (exact) mass is 190 g/mol. The highest BCUT2D eigenvalue weighted by Crippen LogP contribution is 2.30. The third kappa shape index (κ3) is 1.41. The van der Waals surface area contributed by atoms with Gasteiger partial charge in [0, 0.05) is 17.5 Å². The minimum atomic E-state index is 0.178. The number of aryl methyl sites for hydroxylation is 1. The molecule has 0 aromatic heterocycles. The van der Waals surface area contributed by atoms with Gasteiger partial charge in [0.1, 0.15) is 5.75 Å². The van der Waals surface area contributed by atoms with Crippen LogP contribution >= 0.6 is 0 Å². The van der Waals surface area contributed by atoms with Crippen molar-refractivity contribution >= 4 is 5.78 Å². The third-order valence-corrected chi connectivity index (χ3v) is 2.83. The van der Waals surface area contributed by atoms with Gasteiger partial charge in [-0.1, -0.05) is 6.92 Å². The van der Waals surface area contributed by atoms with E-state index in [1.54, 1.807) is 6.07 Å². The number of rotatable bonds is 1. The molecule has 0 unspecified atom stereocenters. The van der Waals surface area contributed by atoms with Crippen LogP contribution in [0.4, 0.5) is 0 Å². The van der Waals surface area contributed by atoms with E-state index in [9.17, 15) is 9.90 Å². The van der Waals surface area contributed by atoms with Crippen LogP contribution < -0.4 is 0 Å². The summed E-state index contributed by atoms with van der Waals surface area (Å²) in [6, 6.07) is 3.70. The van der Waals surface area contributed by atoms with Crippen molar-refractivity contribution in [3.8, 4) is 5.75 Å². The summed E-state index contributed by atoms with van der Waals surface area (Å²) in [7, 11) is 0. The van der Waals surface area contributed by atoms with Crippen molar-refractivity contribution < 1.29 is 9.90 Å². The first-order chi connectivity index (χ1) is 6.72. The van der Waals surface area contributed by atoms with Gasteiger partial charge in [0.25, 0.3) is 0 Å². The zero-order chi connectivity index (χ0) is 10.1. The number of ketones is 1. The number of Topliss-reactive ketones (excluding diaryl/α,β-unsaturated/α-hetero) is 1. The van der Waals surface area contributed by atoms with Crippen molar-refractivity contribution in [1.29, 1.82) is 0 Å². The number of phenolic OH excluding ortho intramolecular Hbond substituents is 1. The normalized spacial score (nSPS) is 15.4. The Hall–Kier alpha value is -1.31. The van der Waals surface area contributed by atoms with Gasteiger partial charge in [-0.2, -0.15) is 0 Å². The number of fused-ring (bicyclic) bond motifs is 1. The van der Waals surface area contributed by atoms with Crippen LogP contribution in [0.2, 0.25) is 0 Å². The maximum absolute atomic E-state index is 11.6. The predicted octanol–water partition coefficient (Wildman–Crippen LogP) is 2.47. The summed E-state index contributed by atoms with van der Waals surface area (Å²) in [6.07, 6.45) is 3.18. The van der Waals surface area contributed by atoms with Crippen molar-refractivity contribution in [2.75, 3.05) is 0 Å². The minimum absolute atomic E-state index is 0.178. The molecule has 0 aliphatic heterocycles. The lowest BCUT2D eigenvalue weighted by Crippen LogP contribution is -2.11. The Bertz CT molecular complexity index is 380. The summed E-state index contributed by atoms with van der Waals surface area (Å²) in [6.45, 7) is 2.02. The van der Waals surface area contributed by atoms with Crippen LogP contribution in [0.15, 0.2) is 12.1 Å². The zero-order valence-corrected chi connectivity index (χ0v) is 8.34. The fourth-order valence-corrected chi connectivity index (χ4v) is 1.99. The van der Waals surface area contributed by atoms with E-state index in [0.29, 0.717) is 12.2 Å². The molecule has 1 aliphatic carbocycles. The molecule has 0 amide bonds. The SMILES string of the molecule is CCc1cc(O)c2c(c1)C(=O)CCC2. The van der Waals surface area contributed by atoms with E-state index in [2.05, 4.69) is 0 Å². The number of phenols is 1. The molecule has 0 spiro atoms. The quantitative estimate of drug-likeness (QED) is 0.738. The van der Waals surface area contributed by atoms with Crippen molar-refractivity contribution in [2.24, 2.45) is 0 Å². The molecule has 2 heteroatoms. The number of hydrogen-bond acceptors (Lipinski definition) is 2. The maximum atomic E-state index is 11.6. The smallest absolute Gasteiger partial charge is 0.163 e. The molecule has 0 saturated heterocycles. The molecular formula is C12H14O2. The third-order valence-electron chi connectivity index (χ3n) is 2.83. The second-order valence-electron chi connectivity index (χ2n) is 3.77.